The second kappa shape index (κ2) is 12.7. The maximum Gasteiger partial charge on any atom is 0.519 e. The van der Waals surface area contributed by atoms with Gasteiger partial charge < -0.3 is 18.3 Å². The number of carbonyl (C=O) groups excluding carboxylic acids is 1. The van der Waals surface area contributed by atoms with Gasteiger partial charge in [-0.3, -0.25) is 14.1 Å². The van der Waals surface area contributed by atoms with E-state index in [1.54, 1.807) is 25.1 Å². The summed E-state index contributed by atoms with van der Waals surface area (Å²) in [5.74, 6) is -1.38. The summed E-state index contributed by atoms with van der Waals surface area (Å²) in [6.45, 7) is 3.88. The van der Waals surface area contributed by atoms with E-state index in [4.69, 9.17) is 18.3 Å². The predicted molar refractivity (Wildman–Crippen MR) is 155 cm³/mol. The number of H-pyrrole nitrogens is 1. The van der Waals surface area contributed by atoms with E-state index >= 15 is 0 Å². The zero-order chi connectivity index (χ0) is 29.2. The van der Waals surface area contributed by atoms with Gasteiger partial charge >= 0.3 is 17.5 Å². The monoisotopic (exact) mass is 591 g/mol. The third kappa shape index (κ3) is 6.12. The largest absolute Gasteiger partial charge is 0.519 e. The van der Waals surface area contributed by atoms with Crippen molar-refractivity contribution in [1.29, 1.82) is 0 Å². The Labute approximate surface area is 265 Å². The molecule has 0 bridgehead atoms. The van der Waals surface area contributed by atoms with E-state index in [9.17, 15) is 14.4 Å². The van der Waals surface area contributed by atoms with Crippen LogP contribution in [-0.4, -0.2) is 61.8 Å². The summed E-state index contributed by atoms with van der Waals surface area (Å²) in [5, 5.41) is 3.83. The van der Waals surface area contributed by atoms with Crippen molar-refractivity contribution >= 4 is 46.6 Å². The minimum Gasteiger partial charge on any atom is -0.465 e. The predicted octanol–water partition coefficient (Wildman–Crippen LogP) is 4.32. The summed E-state index contributed by atoms with van der Waals surface area (Å²) in [7, 11) is 0. The molecule has 0 aliphatic heterocycles. The van der Waals surface area contributed by atoms with E-state index in [2.05, 4.69) is 19.6 Å². The van der Waals surface area contributed by atoms with Crippen LogP contribution >= 0.6 is 0 Å². The van der Waals surface area contributed by atoms with Gasteiger partial charge in [0.05, 0.1) is 29.7 Å². The molecule has 13 heteroatoms. The van der Waals surface area contributed by atoms with Crippen LogP contribution in [0.15, 0.2) is 89.7 Å². The van der Waals surface area contributed by atoms with Gasteiger partial charge in [-0.05, 0) is 42.7 Å². The SMILES string of the molecule is CCOc1nc2cccc(C(=O)OCc3oc(=O)oc3C)c2n1Cc1ccc(-c2ccccc2-c2noc(=O)[nH]2)cc1.[Na]. The van der Waals surface area contributed by atoms with Crippen LogP contribution in [-0.2, 0) is 17.9 Å². The van der Waals surface area contributed by atoms with Crippen molar-refractivity contribution in [2.45, 2.75) is 27.0 Å². The van der Waals surface area contributed by atoms with Crippen molar-refractivity contribution in [3.63, 3.8) is 0 Å². The second-order valence-electron chi connectivity index (χ2n) is 9.28. The van der Waals surface area contributed by atoms with E-state index in [-0.39, 0.29) is 53.2 Å². The second-order valence-corrected chi connectivity index (χ2v) is 9.28. The topological polar surface area (TPSA) is 156 Å². The summed E-state index contributed by atoms with van der Waals surface area (Å²) >= 11 is 0. The molecule has 43 heavy (non-hydrogen) atoms. The fourth-order valence-electron chi connectivity index (χ4n) is 4.69. The third-order valence-electron chi connectivity index (χ3n) is 6.62. The fraction of sp³-hybridized carbons (Fsp3) is 0.167. The fourth-order valence-corrected chi connectivity index (χ4v) is 4.69. The Hall–Kier alpha value is -4.65. The van der Waals surface area contributed by atoms with Gasteiger partial charge in [-0.15, -0.1) is 0 Å². The van der Waals surface area contributed by atoms with Gasteiger partial charge in [-0.1, -0.05) is 59.8 Å². The van der Waals surface area contributed by atoms with Crippen molar-refractivity contribution in [1.82, 2.24) is 19.7 Å². The molecule has 0 spiro atoms. The molecule has 3 aromatic carbocycles. The van der Waals surface area contributed by atoms with Gasteiger partial charge in [-0.2, -0.15) is 4.98 Å². The summed E-state index contributed by atoms with van der Waals surface area (Å²) in [5.41, 5.74) is 4.80. The van der Waals surface area contributed by atoms with Crippen LogP contribution in [0, 0.1) is 6.92 Å². The molecule has 213 valence electrons. The maximum absolute atomic E-state index is 13.2. The molecular formula is C30H24N4NaO8. The molecule has 0 unspecified atom stereocenters. The number of rotatable bonds is 9. The molecule has 0 fully saturated rings. The van der Waals surface area contributed by atoms with Crippen molar-refractivity contribution in [3.8, 4) is 28.5 Å². The Kier molecular flexibility index (Phi) is 8.81. The number of aromatic nitrogens is 4. The molecule has 6 aromatic rings. The molecule has 12 nitrogen and oxygen atoms in total. The van der Waals surface area contributed by atoms with E-state index in [1.807, 2.05) is 60.0 Å². The first-order chi connectivity index (χ1) is 20.4. The van der Waals surface area contributed by atoms with Crippen LogP contribution in [0.5, 0.6) is 6.01 Å². The Balaban J connectivity index is 0.00000368. The van der Waals surface area contributed by atoms with Crippen molar-refractivity contribution in [3.05, 3.63) is 111 Å². The number of carbonyl (C=O) groups is 1. The first-order valence-corrected chi connectivity index (χ1v) is 13.0. The molecule has 3 heterocycles. The maximum atomic E-state index is 13.2. The number of imidazole rings is 1. The van der Waals surface area contributed by atoms with E-state index in [1.165, 1.54) is 0 Å². The molecular weight excluding hydrogens is 567 g/mol. The number of esters is 1. The Bertz CT molecular complexity index is 2020. The van der Waals surface area contributed by atoms with Crippen LogP contribution in [0.3, 0.4) is 0 Å². The number of fused-ring (bicyclic) bond motifs is 1. The molecule has 1 radical (unpaired) electrons. The summed E-state index contributed by atoms with van der Waals surface area (Å²) < 4.78 is 27.6. The standard InChI is InChI=1S/C30H24N4O8.Na/c1-3-38-28-31-23-10-6-9-22(27(35)39-16-24-17(2)40-30(37)41-24)25(23)34(28)15-18-11-13-19(14-12-18)20-7-4-5-8-21(20)26-32-29(36)42-33-26;/h4-14H,3,15-16H2,1-2H3,(H,32,33,36);. The molecule has 0 atom stereocenters. The van der Waals surface area contributed by atoms with Crippen LogP contribution in [0.4, 0.5) is 0 Å². The quantitative estimate of drug-likeness (QED) is 0.190. The van der Waals surface area contributed by atoms with Gasteiger partial charge in [0.25, 0.3) is 6.01 Å². The normalized spacial score (nSPS) is 10.9. The number of benzene rings is 3. The molecule has 3 aromatic heterocycles. The number of hydrogen-bond donors (Lipinski definition) is 1. The summed E-state index contributed by atoms with van der Waals surface area (Å²) in [6, 6.07) is 20.9. The zero-order valence-corrected chi connectivity index (χ0v) is 25.6. The number of hydrogen-bond acceptors (Lipinski definition) is 10. The average molecular weight is 592 g/mol. The van der Waals surface area contributed by atoms with Gasteiger partial charge in [0.15, 0.2) is 24.0 Å². The molecule has 6 rings (SSSR count). The van der Waals surface area contributed by atoms with Crippen LogP contribution in [0.1, 0.15) is 34.4 Å². The molecule has 0 aliphatic rings. The summed E-state index contributed by atoms with van der Waals surface area (Å²) in [6.07, 6.45) is 0. The van der Waals surface area contributed by atoms with Crippen molar-refractivity contribution < 1.29 is 27.6 Å². The average Bonchev–Trinajstić information content (AvgIpc) is 3.68. The first kappa shape index (κ1) is 29.8. The third-order valence-corrected chi connectivity index (χ3v) is 6.62. The Morgan fingerprint density at radius 3 is 2.42 bits per heavy atom. The summed E-state index contributed by atoms with van der Waals surface area (Å²) in [4.78, 5) is 43.2. The molecule has 1 N–H and O–H groups in total. The van der Waals surface area contributed by atoms with E-state index in [0.717, 1.165) is 22.3 Å². The number of nitrogens with zero attached hydrogens (tertiary/aromatic N) is 3. The molecule has 0 saturated heterocycles. The first-order valence-electron chi connectivity index (χ1n) is 13.0. The Morgan fingerprint density at radius 2 is 1.74 bits per heavy atom. The number of aryl methyl sites for hydroxylation is 1. The van der Waals surface area contributed by atoms with E-state index in [0.29, 0.717) is 36.0 Å². The molecule has 0 saturated carbocycles. The van der Waals surface area contributed by atoms with Crippen molar-refractivity contribution in [2.75, 3.05) is 6.61 Å². The minimum atomic E-state index is -0.859. The Morgan fingerprint density at radius 1 is 0.977 bits per heavy atom. The molecule has 0 aliphatic carbocycles. The number of para-hydroxylation sites is 1. The van der Waals surface area contributed by atoms with Gasteiger partial charge in [0, 0.05) is 35.1 Å². The van der Waals surface area contributed by atoms with E-state index < -0.39 is 17.5 Å². The van der Waals surface area contributed by atoms with Crippen LogP contribution < -0.4 is 16.3 Å². The van der Waals surface area contributed by atoms with Gasteiger partial charge in [0.1, 0.15) is 0 Å². The van der Waals surface area contributed by atoms with Crippen LogP contribution in [0.25, 0.3) is 33.5 Å². The number of aromatic amines is 1. The van der Waals surface area contributed by atoms with Gasteiger partial charge in [-0.25, -0.2) is 14.4 Å². The number of ether oxygens (including phenoxy) is 2. The van der Waals surface area contributed by atoms with Crippen molar-refractivity contribution in [2.24, 2.45) is 0 Å². The number of nitrogens with one attached hydrogen (secondary N) is 1. The zero-order valence-electron chi connectivity index (χ0n) is 23.6. The van der Waals surface area contributed by atoms with Crippen LogP contribution in [0.2, 0.25) is 0 Å². The smallest absolute Gasteiger partial charge is 0.465 e. The molecule has 0 amide bonds. The van der Waals surface area contributed by atoms with Gasteiger partial charge in [0.2, 0.25) is 0 Å². The minimum absolute atomic E-state index is 0.